The van der Waals surface area contributed by atoms with Crippen molar-refractivity contribution >= 4 is 23.8 Å². The molecule has 0 aromatic heterocycles. The van der Waals surface area contributed by atoms with Crippen LogP contribution in [0, 0.1) is 0 Å². The molecular formula is C29H32F6N2O7. The molecule has 0 radical (unpaired) electrons. The Kier molecular flexibility index (Phi) is 10.6. The van der Waals surface area contributed by atoms with E-state index in [9.17, 15) is 40.7 Å². The van der Waals surface area contributed by atoms with Crippen molar-refractivity contribution in [2.24, 2.45) is 0 Å². The van der Waals surface area contributed by atoms with Gasteiger partial charge in [0, 0.05) is 23.7 Å². The van der Waals surface area contributed by atoms with Crippen LogP contribution in [-0.2, 0) is 44.3 Å². The monoisotopic (exact) mass is 634 g/mol. The standard InChI is InChI=1S/C29H32F6N2O7/c1-6-43-25(38)12-18-11-23-21(14-24(18)41-4)22(8-16(3)37(23)27(40)44-7-2)36(26(39)42-5)15-17-9-19(28(30,31)32)13-20(10-17)29(33,34)35/h9-11,13-14,16,22H,6-8,12,15H2,1-5H3. The van der Waals surface area contributed by atoms with Crippen molar-refractivity contribution in [2.45, 2.75) is 64.6 Å². The summed E-state index contributed by atoms with van der Waals surface area (Å²) in [6, 6.07) is 2.29. The van der Waals surface area contributed by atoms with Crippen molar-refractivity contribution in [1.29, 1.82) is 0 Å². The van der Waals surface area contributed by atoms with Crippen LogP contribution < -0.4 is 9.64 Å². The minimum Gasteiger partial charge on any atom is -0.496 e. The Hall–Kier alpha value is -4.17. The van der Waals surface area contributed by atoms with Crippen molar-refractivity contribution in [3.63, 3.8) is 0 Å². The Bertz CT molecular complexity index is 1350. The molecule has 0 spiro atoms. The van der Waals surface area contributed by atoms with E-state index in [0.717, 1.165) is 12.0 Å². The van der Waals surface area contributed by atoms with Crippen LogP contribution in [0.15, 0.2) is 30.3 Å². The maximum Gasteiger partial charge on any atom is 0.416 e. The second kappa shape index (κ2) is 13.6. The molecule has 3 rings (SSSR count). The Morgan fingerprint density at radius 3 is 2.00 bits per heavy atom. The average Bonchev–Trinajstić information content (AvgIpc) is 2.94. The lowest BCUT2D eigenvalue weighted by molar-refractivity contribution is -0.144. The fraction of sp³-hybridized carbons (Fsp3) is 0.483. The number of amides is 2. The highest BCUT2D eigenvalue weighted by Gasteiger charge is 2.41. The molecule has 9 nitrogen and oxygen atoms in total. The van der Waals surface area contributed by atoms with E-state index in [-0.39, 0.29) is 49.1 Å². The van der Waals surface area contributed by atoms with E-state index in [1.807, 2.05) is 0 Å². The van der Waals surface area contributed by atoms with Crippen molar-refractivity contribution in [2.75, 3.05) is 32.3 Å². The second-order valence-electron chi connectivity index (χ2n) is 9.89. The minimum absolute atomic E-state index is 0.00285. The first-order valence-corrected chi connectivity index (χ1v) is 13.5. The van der Waals surface area contributed by atoms with Gasteiger partial charge in [0.05, 0.1) is 56.7 Å². The number of nitrogens with zero attached hydrogens (tertiary/aromatic N) is 2. The highest BCUT2D eigenvalue weighted by molar-refractivity contribution is 5.91. The zero-order valence-corrected chi connectivity index (χ0v) is 24.6. The number of methoxy groups -OCH3 is 2. The molecule has 2 aromatic rings. The van der Waals surface area contributed by atoms with Gasteiger partial charge in [-0.15, -0.1) is 0 Å². The van der Waals surface area contributed by atoms with Gasteiger partial charge in [-0.2, -0.15) is 26.3 Å². The number of ether oxygens (including phenoxy) is 4. The smallest absolute Gasteiger partial charge is 0.416 e. The number of carbonyl (C=O) groups excluding carboxylic acids is 3. The summed E-state index contributed by atoms with van der Waals surface area (Å²) < 4.78 is 102. The van der Waals surface area contributed by atoms with Crippen LogP contribution >= 0.6 is 0 Å². The summed E-state index contributed by atoms with van der Waals surface area (Å²) >= 11 is 0. The molecule has 2 aromatic carbocycles. The van der Waals surface area contributed by atoms with E-state index < -0.39 is 65.8 Å². The minimum atomic E-state index is -5.10. The van der Waals surface area contributed by atoms with Crippen LogP contribution in [0.3, 0.4) is 0 Å². The van der Waals surface area contributed by atoms with Crippen molar-refractivity contribution < 1.29 is 59.7 Å². The van der Waals surface area contributed by atoms with Crippen molar-refractivity contribution in [3.8, 4) is 5.75 Å². The molecule has 1 heterocycles. The maximum atomic E-state index is 13.6. The number of fused-ring (bicyclic) bond motifs is 1. The third kappa shape index (κ3) is 7.66. The topological polar surface area (TPSA) is 94.6 Å². The normalized spacial score (nSPS) is 16.6. The molecule has 2 unspecified atom stereocenters. The van der Waals surface area contributed by atoms with Gasteiger partial charge in [0.2, 0.25) is 0 Å². The molecule has 0 N–H and O–H groups in total. The molecule has 1 aliphatic rings. The summed E-state index contributed by atoms with van der Waals surface area (Å²) in [4.78, 5) is 40.8. The number of alkyl halides is 6. The zero-order valence-electron chi connectivity index (χ0n) is 24.6. The maximum absolute atomic E-state index is 13.6. The molecule has 0 saturated carbocycles. The number of benzene rings is 2. The van der Waals surface area contributed by atoms with Crippen LogP contribution in [0.4, 0.5) is 41.6 Å². The van der Waals surface area contributed by atoms with Gasteiger partial charge in [0.15, 0.2) is 0 Å². The lowest BCUT2D eigenvalue weighted by Crippen LogP contribution is -2.47. The van der Waals surface area contributed by atoms with E-state index in [0.29, 0.717) is 17.7 Å². The first kappa shape index (κ1) is 34.3. The number of halogens is 6. The van der Waals surface area contributed by atoms with Gasteiger partial charge in [-0.1, -0.05) is 0 Å². The van der Waals surface area contributed by atoms with Crippen LogP contribution in [-0.4, -0.2) is 56.5 Å². The van der Waals surface area contributed by atoms with Crippen LogP contribution in [0.2, 0.25) is 0 Å². The van der Waals surface area contributed by atoms with Crippen LogP contribution in [0.1, 0.15) is 61.1 Å². The number of hydrogen-bond acceptors (Lipinski definition) is 7. The number of rotatable bonds is 8. The molecule has 0 aliphatic carbocycles. The van der Waals surface area contributed by atoms with Crippen LogP contribution in [0.25, 0.3) is 0 Å². The zero-order chi connectivity index (χ0) is 33.0. The molecule has 242 valence electrons. The summed E-state index contributed by atoms with van der Waals surface area (Å²) in [5.74, 6) is -0.418. The molecule has 0 bridgehead atoms. The molecule has 0 fully saturated rings. The third-order valence-corrected chi connectivity index (χ3v) is 6.94. The van der Waals surface area contributed by atoms with Crippen LogP contribution in [0.5, 0.6) is 5.75 Å². The Labute approximate surface area is 249 Å². The van der Waals surface area contributed by atoms with E-state index in [4.69, 9.17) is 18.9 Å². The predicted molar refractivity (Wildman–Crippen MR) is 144 cm³/mol. The Morgan fingerprint density at radius 2 is 1.50 bits per heavy atom. The van der Waals surface area contributed by atoms with Crippen molar-refractivity contribution in [3.05, 3.63) is 58.1 Å². The molecule has 2 amide bonds. The molecule has 15 heteroatoms. The summed E-state index contributed by atoms with van der Waals surface area (Å²) in [6.45, 7) is 4.28. The van der Waals surface area contributed by atoms with Gasteiger partial charge >= 0.3 is 30.5 Å². The number of hydrogen-bond donors (Lipinski definition) is 0. The average molecular weight is 635 g/mol. The molecule has 1 aliphatic heterocycles. The number of esters is 1. The first-order chi connectivity index (χ1) is 20.5. The largest absolute Gasteiger partial charge is 0.496 e. The van der Waals surface area contributed by atoms with E-state index in [1.54, 1.807) is 20.8 Å². The quantitative estimate of drug-likeness (QED) is 0.177. The van der Waals surface area contributed by atoms with Gasteiger partial charge in [-0.25, -0.2) is 9.59 Å². The first-order valence-electron chi connectivity index (χ1n) is 13.5. The third-order valence-electron chi connectivity index (χ3n) is 6.94. The van der Waals surface area contributed by atoms with E-state index >= 15 is 0 Å². The highest BCUT2D eigenvalue weighted by atomic mass is 19.4. The summed E-state index contributed by atoms with van der Waals surface area (Å²) in [5, 5.41) is 0. The fourth-order valence-corrected chi connectivity index (χ4v) is 5.08. The molecule has 2 atom stereocenters. The lowest BCUT2D eigenvalue weighted by atomic mass is 9.88. The van der Waals surface area contributed by atoms with Gasteiger partial charge in [0.1, 0.15) is 5.75 Å². The summed E-state index contributed by atoms with van der Waals surface area (Å²) in [6.07, 6.45) is -12.2. The molecule has 44 heavy (non-hydrogen) atoms. The van der Waals surface area contributed by atoms with Gasteiger partial charge in [-0.05, 0) is 63.1 Å². The predicted octanol–water partition coefficient (Wildman–Crippen LogP) is 6.90. The highest BCUT2D eigenvalue weighted by Crippen LogP contribution is 2.45. The van der Waals surface area contributed by atoms with Gasteiger partial charge in [-0.3, -0.25) is 14.6 Å². The number of carbonyl (C=O) groups is 3. The molecule has 0 saturated heterocycles. The van der Waals surface area contributed by atoms with E-state index in [1.165, 1.54) is 24.1 Å². The fourth-order valence-electron chi connectivity index (χ4n) is 5.08. The Morgan fingerprint density at radius 1 is 0.909 bits per heavy atom. The van der Waals surface area contributed by atoms with Gasteiger partial charge < -0.3 is 18.9 Å². The van der Waals surface area contributed by atoms with E-state index in [2.05, 4.69) is 0 Å². The van der Waals surface area contributed by atoms with Crippen molar-refractivity contribution in [1.82, 2.24) is 4.90 Å². The SMILES string of the molecule is CCOC(=O)Cc1cc2c(cc1OC)C(N(Cc1cc(C(F)(F)F)cc(C(F)(F)F)c1)C(=O)OC)CC(C)N2C(=O)OCC. The Balaban J connectivity index is 2.22. The summed E-state index contributed by atoms with van der Waals surface area (Å²) in [5.41, 5.74) is -2.75. The molecular weight excluding hydrogens is 602 g/mol. The van der Waals surface area contributed by atoms with Gasteiger partial charge in [0.25, 0.3) is 0 Å². The lowest BCUT2D eigenvalue weighted by Gasteiger charge is -2.43. The summed E-state index contributed by atoms with van der Waals surface area (Å²) in [7, 11) is 2.34. The second-order valence-corrected chi connectivity index (χ2v) is 9.89. The number of anilines is 1.